The Balaban J connectivity index is 2.93. The highest BCUT2D eigenvalue weighted by Crippen LogP contribution is 2.28. The van der Waals surface area contributed by atoms with E-state index < -0.39 is 0 Å². The fourth-order valence-corrected chi connectivity index (χ4v) is 1.81. The summed E-state index contributed by atoms with van der Waals surface area (Å²) in [7, 11) is 1.69. The van der Waals surface area contributed by atoms with Crippen LogP contribution in [0.1, 0.15) is 29.7 Å². The maximum atomic E-state index is 5.62. The predicted octanol–water partition coefficient (Wildman–Crippen LogP) is 2.35. The Hall–Kier alpha value is -1.06. The van der Waals surface area contributed by atoms with Gasteiger partial charge in [-0.2, -0.15) is 0 Å². The van der Waals surface area contributed by atoms with Crippen LogP contribution in [0.3, 0.4) is 0 Å². The van der Waals surface area contributed by atoms with Crippen molar-refractivity contribution in [3.05, 3.63) is 28.8 Å². The van der Waals surface area contributed by atoms with Crippen molar-refractivity contribution in [1.29, 1.82) is 0 Å². The number of hydrogen-bond donors (Lipinski definition) is 1. The summed E-state index contributed by atoms with van der Waals surface area (Å²) < 4.78 is 10.9. The summed E-state index contributed by atoms with van der Waals surface area (Å²) in [5, 5.41) is 0. The first-order valence-corrected chi connectivity index (χ1v) is 5.57. The zero-order chi connectivity index (χ0) is 12.1. The van der Waals surface area contributed by atoms with Crippen molar-refractivity contribution in [3.63, 3.8) is 0 Å². The van der Waals surface area contributed by atoms with Gasteiger partial charge >= 0.3 is 0 Å². The van der Waals surface area contributed by atoms with Crippen LogP contribution in [-0.2, 0) is 4.74 Å². The maximum absolute atomic E-state index is 5.62. The largest absolute Gasteiger partial charge is 0.496 e. The summed E-state index contributed by atoms with van der Waals surface area (Å²) in [6.45, 7) is 7.34. The second-order valence-corrected chi connectivity index (χ2v) is 3.91. The van der Waals surface area contributed by atoms with E-state index in [-0.39, 0.29) is 6.10 Å². The van der Waals surface area contributed by atoms with Gasteiger partial charge in [0.25, 0.3) is 0 Å². The van der Waals surface area contributed by atoms with Crippen LogP contribution < -0.4 is 10.5 Å². The molecule has 0 heterocycles. The average molecular weight is 223 g/mol. The second-order valence-electron chi connectivity index (χ2n) is 3.91. The van der Waals surface area contributed by atoms with Gasteiger partial charge in [-0.05, 0) is 43.5 Å². The molecule has 16 heavy (non-hydrogen) atoms. The van der Waals surface area contributed by atoms with Gasteiger partial charge in [0.05, 0.1) is 19.8 Å². The fraction of sp³-hybridized carbons (Fsp3) is 0.538. The molecule has 0 aromatic heterocycles. The number of ether oxygens (including phenoxy) is 2. The van der Waals surface area contributed by atoms with Crippen molar-refractivity contribution >= 4 is 0 Å². The Morgan fingerprint density at radius 1 is 1.25 bits per heavy atom. The highest BCUT2D eigenvalue weighted by molar-refractivity contribution is 5.44. The van der Waals surface area contributed by atoms with Gasteiger partial charge in [0.15, 0.2) is 0 Å². The van der Waals surface area contributed by atoms with E-state index in [1.54, 1.807) is 7.11 Å². The van der Waals surface area contributed by atoms with E-state index in [0.29, 0.717) is 13.2 Å². The fourth-order valence-electron chi connectivity index (χ4n) is 1.81. The van der Waals surface area contributed by atoms with Gasteiger partial charge in [-0.15, -0.1) is 0 Å². The van der Waals surface area contributed by atoms with Crippen molar-refractivity contribution in [2.24, 2.45) is 5.73 Å². The Morgan fingerprint density at radius 2 is 1.94 bits per heavy atom. The average Bonchev–Trinajstić information content (AvgIpc) is 2.29. The zero-order valence-corrected chi connectivity index (χ0v) is 10.5. The molecule has 0 aliphatic rings. The summed E-state index contributed by atoms with van der Waals surface area (Å²) in [5.74, 6) is 0.923. The van der Waals surface area contributed by atoms with Gasteiger partial charge in [0.1, 0.15) is 5.75 Å². The van der Waals surface area contributed by atoms with E-state index in [2.05, 4.69) is 19.9 Å². The van der Waals surface area contributed by atoms with Crippen molar-refractivity contribution in [3.8, 4) is 5.75 Å². The molecular formula is C13H21NO2. The molecule has 3 heteroatoms. The first-order chi connectivity index (χ1) is 7.61. The van der Waals surface area contributed by atoms with Crippen LogP contribution in [0.2, 0.25) is 0 Å². The van der Waals surface area contributed by atoms with Crippen molar-refractivity contribution in [2.75, 3.05) is 20.3 Å². The summed E-state index contributed by atoms with van der Waals surface area (Å²) in [6, 6.07) is 4.04. The van der Waals surface area contributed by atoms with Gasteiger partial charge in [0, 0.05) is 6.54 Å². The van der Waals surface area contributed by atoms with Crippen LogP contribution in [0.5, 0.6) is 5.75 Å². The Kier molecular flexibility index (Phi) is 4.77. The van der Waals surface area contributed by atoms with Crippen LogP contribution in [-0.4, -0.2) is 20.3 Å². The number of hydrogen-bond acceptors (Lipinski definition) is 3. The third kappa shape index (κ3) is 2.74. The third-order valence-corrected chi connectivity index (χ3v) is 2.92. The Labute approximate surface area is 97.6 Å². The molecule has 1 rings (SSSR count). The topological polar surface area (TPSA) is 44.5 Å². The summed E-state index contributed by atoms with van der Waals surface area (Å²) >= 11 is 0. The standard InChI is InChI=1S/C13H21NO2/c1-9-10(2)13(15-4)6-5-12(9)11(3)16-8-7-14/h5-6,11H,7-8,14H2,1-4H3. The van der Waals surface area contributed by atoms with Gasteiger partial charge < -0.3 is 15.2 Å². The van der Waals surface area contributed by atoms with E-state index in [1.165, 1.54) is 16.7 Å². The first-order valence-electron chi connectivity index (χ1n) is 5.57. The molecule has 1 atom stereocenters. The van der Waals surface area contributed by atoms with Gasteiger partial charge in [-0.1, -0.05) is 6.07 Å². The molecule has 0 aliphatic heterocycles. The van der Waals surface area contributed by atoms with Crippen molar-refractivity contribution in [1.82, 2.24) is 0 Å². The molecule has 0 radical (unpaired) electrons. The van der Waals surface area contributed by atoms with Gasteiger partial charge in [-0.25, -0.2) is 0 Å². The lowest BCUT2D eigenvalue weighted by Gasteiger charge is -2.18. The lowest BCUT2D eigenvalue weighted by Crippen LogP contribution is -2.12. The monoisotopic (exact) mass is 223 g/mol. The number of rotatable bonds is 5. The molecule has 1 aromatic rings. The minimum atomic E-state index is 0.0770. The summed E-state index contributed by atoms with van der Waals surface area (Å²) in [4.78, 5) is 0. The van der Waals surface area contributed by atoms with E-state index in [1.807, 2.05) is 13.0 Å². The number of methoxy groups -OCH3 is 1. The van der Waals surface area contributed by atoms with E-state index >= 15 is 0 Å². The molecular weight excluding hydrogens is 202 g/mol. The van der Waals surface area contributed by atoms with E-state index in [4.69, 9.17) is 15.2 Å². The summed E-state index contributed by atoms with van der Waals surface area (Å²) in [5.41, 5.74) is 9.02. The second kappa shape index (κ2) is 5.87. The first kappa shape index (κ1) is 13.0. The highest BCUT2D eigenvalue weighted by atomic mass is 16.5. The Morgan fingerprint density at radius 3 is 2.50 bits per heavy atom. The molecule has 0 aliphatic carbocycles. The molecule has 90 valence electrons. The SMILES string of the molecule is COc1ccc(C(C)OCCN)c(C)c1C. The molecule has 0 bridgehead atoms. The number of benzene rings is 1. The van der Waals surface area contributed by atoms with Crippen LogP contribution in [0.15, 0.2) is 12.1 Å². The van der Waals surface area contributed by atoms with E-state index in [0.717, 1.165) is 5.75 Å². The van der Waals surface area contributed by atoms with Gasteiger partial charge in [0.2, 0.25) is 0 Å². The molecule has 3 nitrogen and oxygen atoms in total. The predicted molar refractivity (Wildman–Crippen MR) is 65.9 cm³/mol. The van der Waals surface area contributed by atoms with E-state index in [9.17, 15) is 0 Å². The van der Waals surface area contributed by atoms with Crippen LogP contribution in [0.4, 0.5) is 0 Å². The molecule has 0 fully saturated rings. The molecule has 0 amide bonds. The smallest absolute Gasteiger partial charge is 0.122 e. The molecule has 1 unspecified atom stereocenters. The zero-order valence-electron chi connectivity index (χ0n) is 10.5. The van der Waals surface area contributed by atoms with Crippen molar-refractivity contribution < 1.29 is 9.47 Å². The lowest BCUT2D eigenvalue weighted by molar-refractivity contribution is 0.0713. The number of nitrogens with two attached hydrogens (primary N) is 1. The molecule has 0 saturated carbocycles. The molecule has 0 spiro atoms. The van der Waals surface area contributed by atoms with Crippen LogP contribution >= 0.6 is 0 Å². The minimum Gasteiger partial charge on any atom is -0.496 e. The summed E-state index contributed by atoms with van der Waals surface area (Å²) in [6.07, 6.45) is 0.0770. The molecule has 0 saturated heterocycles. The lowest BCUT2D eigenvalue weighted by atomic mass is 9.99. The normalized spacial score (nSPS) is 12.6. The quantitative estimate of drug-likeness (QED) is 0.833. The van der Waals surface area contributed by atoms with Crippen LogP contribution in [0.25, 0.3) is 0 Å². The minimum absolute atomic E-state index is 0.0770. The highest BCUT2D eigenvalue weighted by Gasteiger charge is 2.12. The molecule has 1 aromatic carbocycles. The molecule has 2 N–H and O–H groups in total. The Bertz CT molecular complexity index is 350. The van der Waals surface area contributed by atoms with Crippen LogP contribution in [0, 0.1) is 13.8 Å². The van der Waals surface area contributed by atoms with Crippen molar-refractivity contribution in [2.45, 2.75) is 26.9 Å². The van der Waals surface area contributed by atoms with Gasteiger partial charge in [-0.3, -0.25) is 0 Å². The third-order valence-electron chi connectivity index (χ3n) is 2.92. The maximum Gasteiger partial charge on any atom is 0.122 e.